The second-order valence-corrected chi connectivity index (χ2v) is 10.1. The smallest absolute Gasteiger partial charge is 0.338 e. The molecule has 0 aliphatic rings. The average Bonchev–Trinajstić information content (AvgIpc) is 2.87. The normalized spacial score (nSPS) is 11.0. The Morgan fingerprint density at radius 3 is 2.31 bits per heavy atom. The highest BCUT2D eigenvalue weighted by Gasteiger charge is 2.27. The van der Waals surface area contributed by atoms with Crippen molar-refractivity contribution in [2.45, 2.75) is 24.7 Å². The number of esters is 1. The van der Waals surface area contributed by atoms with Crippen molar-refractivity contribution in [2.24, 2.45) is 0 Å². The predicted octanol–water partition coefficient (Wildman–Crippen LogP) is 5.14. The maximum Gasteiger partial charge on any atom is 0.338 e. The molecule has 0 aliphatic heterocycles. The molecule has 0 unspecified atom stereocenters. The van der Waals surface area contributed by atoms with Gasteiger partial charge in [0.05, 0.1) is 29.9 Å². The molecule has 3 aromatic rings. The van der Waals surface area contributed by atoms with E-state index in [0.29, 0.717) is 28.6 Å². The molecule has 190 valence electrons. The van der Waals surface area contributed by atoms with E-state index in [4.69, 9.17) is 21.1 Å². The lowest BCUT2D eigenvalue weighted by molar-refractivity contribution is -0.114. The van der Waals surface area contributed by atoms with Gasteiger partial charge in [0.1, 0.15) is 12.3 Å². The zero-order valence-corrected chi connectivity index (χ0v) is 21.5. The number of sulfonamides is 1. The van der Waals surface area contributed by atoms with Crippen molar-refractivity contribution in [3.8, 4) is 5.75 Å². The highest BCUT2D eigenvalue weighted by molar-refractivity contribution is 7.92. The van der Waals surface area contributed by atoms with E-state index in [2.05, 4.69) is 5.32 Å². The van der Waals surface area contributed by atoms with Gasteiger partial charge in [-0.05, 0) is 73.2 Å². The number of methoxy groups -OCH3 is 1. The van der Waals surface area contributed by atoms with Gasteiger partial charge in [-0.1, -0.05) is 31.0 Å². The van der Waals surface area contributed by atoms with Gasteiger partial charge in [0.15, 0.2) is 0 Å². The maximum absolute atomic E-state index is 13.5. The van der Waals surface area contributed by atoms with Gasteiger partial charge >= 0.3 is 5.97 Å². The molecule has 0 fully saturated rings. The molecule has 0 aliphatic carbocycles. The minimum atomic E-state index is -4.12. The van der Waals surface area contributed by atoms with E-state index in [1.54, 1.807) is 30.3 Å². The van der Waals surface area contributed by atoms with Gasteiger partial charge in [-0.2, -0.15) is 0 Å². The first-order chi connectivity index (χ1) is 17.2. The van der Waals surface area contributed by atoms with Crippen LogP contribution in [0, 0.1) is 0 Å². The van der Waals surface area contributed by atoms with Crippen molar-refractivity contribution in [2.75, 3.05) is 29.9 Å². The number of benzene rings is 3. The number of amides is 1. The maximum atomic E-state index is 13.5. The topological polar surface area (TPSA) is 102 Å². The van der Waals surface area contributed by atoms with Crippen LogP contribution in [0.2, 0.25) is 5.02 Å². The van der Waals surface area contributed by atoms with Gasteiger partial charge < -0.3 is 14.8 Å². The Morgan fingerprint density at radius 1 is 1.00 bits per heavy atom. The molecule has 1 N–H and O–H groups in total. The molecule has 8 nitrogen and oxygen atoms in total. The summed E-state index contributed by atoms with van der Waals surface area (Å²) in [5, 5.41) is 2.99. The Bertz CT molecular complexity index is 1290. The highest BCUT2D eigenvalue weighted by atomic mass is 35.5. The first-order valence-corrected chi connectivity index (χ1v) is 13.1. The minimum Gasteiger partial charge on any atom is -0.497 e. The van der Waals surface area contributed by atoms with Crippen LogP contribution in [0.1, 0.15) is 30.1 Å². The van der Waals surface area contributed by atoms with Crippen LogP contribution in [0.5, 0.6) is 5.75 Å². The number of nitrogens with one attached hydrogen (secondary N) is 1. The van der Waals surface area contributed by atoms with Crippen LogP contribution >= 0.6 is 11.6 Å². The van der Waals surface area contributed by atoms with Crippen LogP contribution in [-0.2, 0) is 19.6 Å². The lowest BCUT2D eigenvalue weighted by atomic mass is 10.2. The Balaban J connectivity index is 1.79. The molecular formula is C26H27ClN2O6S. The molecule has 3 aromatic carbocycles. The zero-order chi connectivity index (χ0) is 26.1. The van der Waals surface area contributed by atoms with Gasteiger partial charge in [-0.25, -0.2) is 13.2 Å². The number of nitrogens with zero attached hydrogens (tertiary/aromatic N) is 1. The summed E-state index contributed by atoms with van der Waals surface area (Å²) in [6.45, 7) is 1.84. The quantitative estimate of drug-likeness (QED) is 0.272. The largest absolute Gasteiger partial charge is 0.497 e. The van der Waals surface area contributed by atoms with Crippen molar-refractivity contribution in [1.29, 1.82) is 0 Å². The molecular weight excluding hydrogens is 504 g/mol. The molecule has 0 aromatic heterocycles. The fourth-order valence-corrected chi connectivity index (χ4v) is 4.83. The molecule has 10 heteroatoms. The highest BCUT2D eigenvalue weighted by Crippen LogP contribution is 2.27. The molecule has 0 bridgehead atoms. The summed E-state index contributed by atoms with van der Waals surface area (Å²) in [7, 11) is -2.64. The number of unbranched alkanes of at least 4 members (excludes halogenated alkanes) is 1. The van der Waals surface area contributed by atoms with Crippen LogP contribution in [0.3, 0.4) is 0 Å². The number of ether oxygens (including phenoxy) is 2. The van der Waals surface area contributed by atoms with Crippen LogP contribution in [0.25, 0.3) is 0 Å². The van der Waals surface area contributed by atoms with E-state index >= 15 is 0 Å². The van der Waals surface area contributed by atoms with Crippen LogP contribution in [0.15, 0.2) is 77.7 Å². The number of rotatable bonds is 11. The van der Waals surface area contributed by atoms with Crippen molar-refractivity contribution in [3.05, 3.63) is 83.4 Å². The fraction of sp³-hybridized carbons (Fsp3) is 0.231. The molecule has 0 heterocycles. The summed E-state index contributed by atoms with van der Waals surface area (Å²) in [4.78, 5) is 24.9. The number of anilines is 2. The van der Waals surface area contributed by atoms with Gasteiger partial charge in [-0.3, -0.25) is 9.10 Å². The monoisotopic (exact) mass is 530 g/mol. The first kappa shape index (κ1) is 27.0. The Hall–Kier alpha value is -3.56. The molecule has 0 atom stereocenters. The van der Waals surface area contributed by atoms with Gasteiger partial charge in [0.25, 0.3) is 10.0 Å². The molecule has 3 rings (SSSR count). The van der Waals surface area contributed by atoms with Crippen molar-refractivity contribution >= 4 is 44.9 Å². The zero-order valence-electron chi connectivity index (χ0n) is 19.9. The van der Waals surface area contributed by atoms with E-state index in [-0.39, 0.29) is 10.6 Å². The number of carbonyl (C=O) groups excluding carboxylic acids is 2. The third-order valence-electron chi connectivity index (χ3n) is 5.17. The van der Waals surface area contributed by atoms with E-state index in [9.17, 15) is 18.0 Å². The summed E-state index contributed by atoms with van der Waals surface area (Å²) in [6.07, 6.45) is 1.70. The van der Waals surface area contributed by atoms with Gasteiger partial charge in [0, 0.05) is 10.7 Å². The molecule has 0 saturated carbocycles. The Labute approximate surface area is 215 Å². The van der Waals surface area contributed by atoms with E-state index in [0.717, 1.165) is 17.1 Å². The molecule has 0 saturated heterocycles. The predicted molar refractivity (Wildman–Crippen MR) is 139 cm³/mol. The summed E-state index contributed by atoms with van der Waals surface area (Å²) in [5.41, 5.74) is 0.989. The minimum absolute atomic E-state index is 0.0120. The second kappa shape index (κ2) is 12.4. The van der Waals surface area contributed by atoms with Crippen molar-refractivity contribution in [3.63, 3.8) is 0 Å². The lowest BCUT2D eigenvalue weighted by Gasteiger charge is -2.24. The number of carbonyl (C=O) groups is 2. The third-order valence-corrected chi connectivity index (χ3v) is 7.19. The summed E-state index contributed by atoms with van der Waals surface area (Å²) < 4.78 is 38.2. The van der Waals surface area contributed by atoms with Gasteiger partial charge in [0.2, 0.25) is 5.91 Å². The van der Waals surface area contributed by atoms with Crippen LogP contribution in [0.4, 0.5) is 11.4 Å². The summed E-state index contributed by atoms with van der Waals surface area (Å²) in [6, 6.07) is 18.3. The molecule has 0 spiro atoms. The summed E-state index contributed by atoms with van der Waals surface area (Å²) in [5.74, 6) is -0.525. The first-order valence-electron chi connectivity index (χ1n) is 11.2. The SMILES string of the molecule is CCCCOC(=O)c1ccc(NC(=O)CN(c2cccc(Cl)c2)S(=O)(=O)c2ccc(OC)cc2)cc1. The fourth-order valence-electron chi connectivity index (χ4n) is 3.23. The number of hydrogen-bond acceptors (Lipinski definition) is 6. The Kier molecular flexibility index (Phi) is 9.32. The number of halogens is 1. The number of hydrogen-bond donors (Lipinski definition) is 1. The van der Waals surface area contributed by atoms with E-state index in [1.165, 1.54) is 49.6 Å². The third kappa shape index (κ3) is 6.99. The standard InChI is InChI=1S/C26H27ClN2O6S/c1-3-4-16-35-26(31)19-8-10-21(11-9-19)28-25(30)18-29(22-7-5-6-20(27)17-22)36(32,33)24-14-12-23(34-2)13-15-24/h5-15,17H,3-4,16,18H2,1-2H3,(H,28,30). The second-order valence-electron chi connectivity index (χ2n) is 7.78. The Morgan fingerprint density at radius 2 is 1.69 bits per heavy atom. The van der Waals surface area contributed by atoms with Crippen LogP contribution < -0.4 is 14.4 Å². The van der Waals surface area contributed by atoms with Crippen molar-refractivity contribution < 1.29 is 27.5 Å². The van der Waals surface area contributed by atoms with E-state index < -0.39 is 28.4 Å². The lowest BCUT2D eigenvalue weighted by Crippen LogP contribution is -2.38. The summed E-state index contributed by atoms with van der Waals surface area (Å²) >= 11 is 6.09. The van der Waals surface area contributed by atoms with Gasteiger partial charge in [-0.15, -0.1) is 0 Å². The molecule has 0 radical (unpaired) electrons. The molecule has 36 heavy (non-hydrogen) atoms. The van der Waals surface area contributed by atoms with Crippen molar-refractivity contribution in [1.82, 2.24) is 0 Å². The van der Waals surface area contributed by atoms with E-state index in [1.807, 2.05) is 6.92 Å². The van der Waals surface area contributed by atoms with Crippen LogP contribution in [-0.4, -0.2) is 40.6 Å². The molecule has 1 amide bonds. The average molecular weight is 531 g/mol.